The Morgan fingerprint density at radius 3 is 2.52 bits per heavy atom. The summed E-state index contributed by atoms with van der Waals surface area (Å²) in [6.07, 6.45) is 0. The highest BCUT2D eigenvalue weighted by Crippen LogP contribution is 2.22. The van der Waals surface area contributed by atoms with Crippen LogP contribution in [0.5, 0.6) is 0 Å². The Kier molecular flexibility index (Phi) is 5.68. The molecule has 132 valence electrons. The minimum absolute atomic E-state index is 0.124. The Hall–Kier alpha value is -2.37. The van der Waals surface area contributed by atoms with Crippen molar-refractivity contribution in [3.8, 4) is 0 Å². The summed E-state index contributed by atoms with van der Waals surface area (Å²) in [4.78, 5) is 14.9. The molecule has 0 aliphatic carbocycles. The summed E-state index contributed by atoms with van der Waals surface area (Å²) in [5, 5.41) is 3.05. The molecule has 1 fully saturated rings. The summed E-state index contributed by atoms with van der Waals surface area (Å²) in [5.74, 6) is -0.136. The number of amides is 1. The van der Waals surface area contributed by atoms with Gasteiger partial charge >= 0.3 is 0 Å². The number of anilines is 1. The van der Waals surface area contributed by atoms with Crippen LogP contribution in [0.2, 0.25) is 0 Å². The molecule has 1 aliphatic heterocycles. The maximum absolute atomic E-state index is 12.5. The Labute approximate surface area is 148 Å². The van der Waals surface area contributed by atoms with E-state index >= 15 is 0 Å². The molecule has 1 aliphatic rings. The van der Waals surface area contributed by atoms with Crippen molar-refractivity contribution in [1.82, 2.24) is 10.2 Å². The molecule has 0 radical (unpaired) electrons. The highest BCUT2D eigenvalue weighted by molar-refractivity contribution is 5.99. The Morgan fingerprint density at radius 2 is 1.84 bits per heavy atom. The van der Waals surface area contributed by atoms with Crippen molar-refractivity contribution in [2.45, 2.75) is 13.0 Å². The molecule has 0 saturated carbocycles. The van der Waals surface area contributed by atoms with Crippen molar-refractivity contribution in [1.29, 1.82) is 0 Å². The van der Waals surface area contributed by atoms with Gasteiger partial charge in [-0.15, -0.1) is 0 Å². The Morgan fingerprint density at radius 1 is 1.16 bits per heavy atom. The monoisotopic (exact) mass is 339 g/mol. The number of nitrogen functional groups attached to an aromatic ring is 1. The summed E-state index contributed by atoms with van der Waals surface area (Å²) in [7, 11) is 0. The first kappa shape index (κ1) is 17.5. The van der Waals surface area contributed by atoms with Crippen LogP contribution in [0.3, 0.4) is 0 Å². The van der Waals surface area contributed by atoms with Crippen molar-refractivity contribution in [2.24, 2.45) is 0 Å². The number of para-hydroxylation sites is 1. The van der Waals surface area contributed by atoms with E-state index in [2.05, 4.69) is 41.4 Å². The maximum atomic E-state index is 12.5. The molecule has 1 saturated heterocycles. The predicted octanol–water partition coefficient (Wildman–Crippen LogP) is 2.38. The Bertz CT molecular complexity index is 709. The molecule has 2 aromatic rings. The molecular formula is C20H25N3O2. The number of carbonyl (C=O) groups is 1. The second-order valence-corrected chi connectivity index (χ2v) is 6.37. The van der Waals surface area contributed by atoms with Crippen molar-refractivity contribution in [3.63, 3.8) is 0 Å². The first-order valence-corrected chi connectivity index (χ1v) is 8.66. The number of aryl methyl sites for hydroxylation is 1. The van der Waals surface area contributed by atoms with Crippen LogP contribution in [0, 0.1) is 6.92 Å². The van der Waals surface area contributed by atoms with E-state index < -0.39 is 0 Å². The fraction of sp³-hybridized carbons (Fsp3) is 0.350. The second kappa shape index (κ2) is 8.14. The summed E-state index contributed by atoms with van der Waals surface area (Å²) >= 11 is 0. The van der Waals surface area contributed by atoms with Gasteiger partial charge in [-0.3, -0.25) is 9.69 Å². The molecule has 0 aromatic heterocycles. The zero-order valence-electron chi connectivity index (χ0n) is 14.6. The summed E-state index contributed by atoms with van der Waals surface area (Å²) < 4.78 is 5.47. The van der Waals surface area contributed by atoms with Crippen LogP contribution in [0.1, 0.15) is 27.5 Å². The molecule has 1 unspecified atom stereocenters. The highest BCUT2D eigenvalue weighted by atomic mass is 16.5. The van der Waals surface area contributed by atoms with E-state index in [0.29, 0.717) is 17.8 Å². The largest absolute Gasteiger partial charge is 0.398 e. The van der Waals surface area contributed by atoms with Gasteiger partial charge in [0.1, 0.15) is 0 Å². The molecule has 0 spiro atoms. The number of rotatable bonds is 5. The zero-order chi connectivity index (χ0) is 17.6. The molecule has 3 N–H and O–H groups in total. The van der Waals surface area contributed by atoms with Gasteiger partial charge in [-0.1, -0.05) is 42.0 Å². The summed E-state index contributed by atoms with van der Waals surface area (Å²) in [6, 6.07) is 15.8. The van der Waals surface area contributed by atoms with Gasteiger partial charge in [-0.25, -0.2) is 0 Å². The third-order valence-corrected chi connectivity index (χ3v) is 4.61. The lowest BCUT2D eigenvalue weighted by Gasteiger charge is -2.35. The normalized spacial score (nSPS) is 16.4. The first-order chi connectivity index (χ1) is 12.1. The van der Waals surface area contributed by atoms with Crippen LogP contribution in [-0.2, 0) is 4.74 Å². The van der Waals surface area contributed by atoms with Gasteiger partial charge in [0.2, 0.25) is 0 Å². The molecule has 2 aromatic carbocycles. The number of carbonyl (C=O) groups excluding carboxylic acids is 1. The summed E-state index contributed by atoms with van der Waals surface area (Å²) in [6.45, 7) is 5.79. The average Bonchev–Trinajstić information content (AvgIpc) is 2.64. The second-order valence-electron chi connectivity index (χ2n) is 6.37. The topological polar surface area (TPSA) is 67.6 Å². The van der Waals surface area contributed by atoms with Crippen LogP contribution < -0.4 is 11.1 Å². The van der Waals surface area contributed by atoms with Gasteiger partial charge in [0.05, 0.1) is 24.8 Å². The van der Waals surface area contributed by atoms with Gasteiger partial charge in [0.25, 0.3) is 5.91 Å². The van der Waals surface area contributed by atoms with E-state index in [1.807, 2.05) is 12.1 Å². The number of nitrogens with one attached hydrogen (secondary N) is 1. The number of benzene rings is 2. The number of ether oxygens (including phenoxy) is 1. The number of morpholine rings is 1. The van der Waals surface area contributed by atoms with E-state index in [1.165, 1.54) is 11.1 Å². The minimum Gasteiger partial charge on any atom is -0.398 e. The third-order valence-electron chi connectivity index (χ3n) is 4.61. The number of nitrogens with two attached hydrogens (primary N) is 1. The Balaban J connectivity index is 1.74. The lowest BCUT2D eigenvalue weighted by molar-refractivity contribution is 0.0162. The molecule has 5 heteroatoms. The minimum atomic E-state index is -0.136. The van der Waals surface area contributed by atoms with Crippen LogP contribution in [0.15, 0.2) is 48.5 Å². The van der Waals surface area contributed by atoms with Crippen LogP contribution >= 0.6 is 0 Å². The van der Waals surface area contributed by atoms with Crippen molar-refractivity contribution < 1.29 is 9.53 Å². The van der Waals surface area contributed by atoms with Gasteiger partial charge in [-0.05, 0) is 24.6 Å². The van der Waals surface area contributed by atoms with Gasteiger partial charge in [0.15, 0.2) is 0 Å². The van der Waals surface area contributed by atoms with Crippen LogP contribution in [-0.4, -0.2) is 43.7 Å². The lowest BCUT2D eigenvalue weighted by atomic mass is 10.0. The number of hydrogen-bond acceptors (Lipinski definition) is 4. The SMILES string of the molecule is Cc1ccc(C(CNC(=O)c2ccccc2N)N2CCOCC2)cc1. The predicted molar refractivity (Wildman–Crippen MR) is 99.5 cm³/mol. The van der Waals surface area contributed by atoms with Crippen LogP contribution in [0.4, 0.5) is 5.69 Å². The molecule has 5 nitrogen and oxygen atoms in total. The van der Waals surface area contributed by atoms with E-state index in [0.717, 1.165) is 26.3 Å². The number of nitrogens with zero attached hydrogens (tertiary/aromatic N) is 1. The first-order valence-electron chi connectivity index (χ1n) is 8.66. The standard InChI is InChI=1S/C20H25N3O2/c1-15-6-8-16(9-7-15)19(23-10-12-25-13-11-23)14-22-20(24)17-4-2-3-5-18(17)21/h2-9,19H,10-14,21H2,1H3,(H,22,24). The van der Waals surface area contributed by atoms with Gasteiger partial charge < -0.3 is 15.8 Å². The molecule has 1 heterocycles. The van der Waals surface area contributed by atoms with Crippen molar-refractivity contribution in [3.05, 3.63) is 65.2 Å². The van der Waals surface area contributed by atoms with Crippen LogP contribution in [0.25, 0.3) is 0 Å². The van der Waals surface area contributed by atoms with Crippen molar-refractivity contribution >= 4 is 11.6 Å². The molecule has 25 heavy (non-hydrogen) atoms. The number of hydrogen-bond donors (Lipinski definition) is 2. The van der Waals surface area contributed by atoms with E-state index in [4.69, 9.17) is 10.5 Å². The molecule has 3 rings (SSSR count). The lowest BCUT2D eigenvalue weighted by Crippen LogP contribution is -2.43. The van der Waals surface area contributed by atoms with Gasteiger partial charge in [-0.2, -0.15) is 0 Å². The molecular weight excluding hydrogens is 314 g/mol. The molecule has 1 atom stereocenters. The van der Waals surface area contributed by atoms with Gasteiger partial charge in [0, 0.05) is 25.3 Å². The van der Waals surface area contributed by atoms with E-state index in [1.54, 1.807) is 12.1 Å². The summed E-state index contributed by atoms with van der Waals surface area (Å²) in [5.41, 5.74) is 9.36. The molecule has 0 bridgehead atoms. The quantitative estimate of drug-likeness (QED) is 0.821. The van der Waals surface area contributed by atoms with Crippen molar-refractivity contribution in [2.75, 3.05) is 38.6 Å². The fourth-order valence-corrected chi connectivity index (χ4v) is 3.12. The average molecular weight is 339 g/mol. The third kappa shape index (κ3) is 4.38. The van der Waals surface area contributed by atoms with E-state index in [9.17, 15) is 4.79 Å². The van der Waals surface area contributed by atoms with E-state index in [-0.39, 0.29) is 11.9 Å². The smallest absolute Gasteiger partial charge is 0.253 e. The highest BCUT2D eigenvalue weighted by Gasteiger charge is 2.23. The fourth-order valence-electron chi connectivity index (χ4n) is 3.12. The maximum Gasteiger partial charge on any atom is 0.253 e. The molecule has 1 amide bonds. The zero-order valence-corrected chi connectivity index (χ0v) is 14.6.